The SMILES string of the molecule is CCCCCN(C)c1cc(NN)nc(CC)n1. The van der Waals surface area contributed by atoms with Gasteiger partial charge >= 0.3 is 0 Å². The van der Waals surface area contributed by atoms with Crippen LogP contribution in [0.3, 0.4) is 0 Å². The number of nitrogens with zero attached hydrogens (tertiary/aromatic N) is 3. The van der Waals surface area contributed by atoms with Crippen molar-refractivity contribution in [2.75, 3.05) is 23.9 Å². The minimum absolute atomic E-state index is 0.675. The number of aryl methyl sites for hydroxylation is 1. The molecule has 0 fully saturated rings. The molecule has 1 rings (SSSR count). The van der Waals surface area contributed by atoms with Crippen LogP contribution < -0.4 is 16.2 Å². The van der Waals surface area contributed by atoms with Crippen LogP contribution in [0.2, 0.25) is 0 Å². The van der Waals surface area contributed by atoms with E-state index in [4.69, 9.17) is 5.84 Å². The third kappa shape index (κ3) is 4.19. The molecule has 0 atom stereocenters. The van der Waals surface area contributed by atoms with Crippen LogP contribution >= 0.6 is 0 Å². The molecule has 0 spiro atoms. The smallest absolute Gasteiger partial charge is 0.145 e. The lowest BCUT2D eigenvalue weighted by molar-refractivity contribution is 0.699. The quantitative estimate of drug-likeness (QED) is 0.431. The van der Waals surface area contributed by atoms with Crippen LogP contribution in [0.1, 0.15) is 38.9 Å². The van der Waals surface area contributed by atoms with Crippen LogP contribution in [-0.2, 0) is 6.42 Å². The Balaban J connectivity index is 2.73. The molecule has 0 aliphatic carbocycles. The van der Waals surface area contributed by atoms with E-state index in [1.165, 1.54) is 19.3 Å². The van der Waals surface area contributed by atoms with Crippen LogP contribution in [0, 0.1) is 0 Å². The molecule has 5 nitrogen and oxygen atoms in total. The molecule has 0 amide bonds. The topological polar surface area (TPSA) is 67.1 Å². The van der Waals surface area contributed by atoms with Crippen molar-refractivity contribution >= 4 is 11.6 Å². The first-order valence-electron chi connectivity index (χ1n) is 6.27. The Hall–Kier alpha value is -1.36. The predicted molar refractivity (Wildman–Crippen MR) is 72.0 cm³/mol. The van der Waals surface area contributed by atoms with Crippen molar-refractivity contribution in [2.45, 2.75) is 39.5 Å². The Morgan fingerprint density at radius 2 is 2.06 bits per heavy atom. The molecule has 1 heterocycles. The van der Waals surface area contributed by atoms with E-state index in [-0.39, 0.29) is 0 Å². The van der Waals surface area contributed by atoms with Gasteiger partial charge in [-0.2, -0.15) is 0 Å². The average molecular weight is 237 g/mol. The molecule has 1 aromatic rings. The Labute approximate surface area is 103 Å². The maximum absolute atomic E-state index is 5.41. The van der Waals surface area contributed by atoms with Gasteiger partial charge in [-0.25, -0.2) is 15.8 Å². The van der Waals surface area contributed by atoms with Gasteiger partial charge in [0.05, 0.1) is 0 Å². The van der Waals surface area contributed by atoms with Gasteiger partial charge in [0.15, 0.2) is 0 Å². The number of nitrogen functional groups attached to an aromatic ring is 1. The fourth-order valence-corrected chi connectivity index (χ4v) is 1.62. The average Bonchev–Trinajstić information content (AvgIpc) is 2.38. The summed E-state index contributed by atoms with van der Waals surface area (Å²) in [6.07, 6.45) is 4.47. The largest absolute Gasteiger partial charge is 0.360 e. The fraction of sp³-hybridized carbons (Fsp3) is 0.667. The van der Waals surface area contributed by atoms with E-state index < -0.39 is 0 Å². The molecule has 0 unspecified atom stereocenters. The third-order valence-electron chi connectivity index (χ3n) is 2.71. The molecule has 0 aliphatic heterocycles. The number of rotatable bonds is 7. The zero-order valence-electron chi connectivity index (χ0n) is 11.0. The van der Waals surface area contributed by atoms with Gasteiger partial charge in [0.2, 0.25) is 0 Å². The van der Waals surface area contributed by atoms with Crippen LogP contribution in [0.15, 0.2) is 6.07 Å². The van der Waals surface area contributed by atoms with E-state index in [1.54, 1.807) is 0 Å². The number of unbranched alkanes of at least 4 members (excludes halogenated alkanes) is 2. The number of hydrogen-bond donors (Lipinski definition) is 2. The van der Waals surface area contributed by atoms with Crippen molar-refractivity contribution in [3.05, 3.63) is 11.9 Å². The lowest BCUT2D eigenvalue weighted by Gasteiger charge is -2.19. The molecule has 1 aromatic heterocycles. The molecule has 17 heavy (non-hydrogen) atoms. The molecule has 0 radical (unpaired) electrons. The van der Waals surface area contributed by atoms with Crippen molar-refractivity contribution in [3.63, 3.8) is 0 Å². The normalized spacial score (nSPS) is 10.4. The van der Waals surface area contributed by atoms with Crippen LogP contribution in [-0.4, -0.2) is 23.6 Å². The van der Waals surface area contributed by atoms with Gasteiger partial charge in [0.25, 0.3) is 0 Å². The highest BCUT2D eigenvalue weighted by atomic mass is 15.3. The van der Waals surface area contributed by atoms with Crippen LogP contribution in [0.25, 0.3) is 0 Å². The number of anilines is 2. The standard InChI is InChI=1S/C12H23N5/c1-4-6-7-8-17(3)12-9-11(16-13)14-10(5-2)15-12/h9H,4-8,13H2,1-3H3,(H,14,15,16). The van der Waals surface area contributed by atoms with Gasteiger partial charge in [0.1, 0.15) is 17.5 Å². The number of nitrogens with two attached hydrogens (primary N) is 1. The second-order valence-corrected chi connectivity index (χ2v) is 4.15. The van der Waals surface area contributed by atoms with Gasteiger partial charge in [-0.3, -0.25) is 0 Å². The first-order valence-corrected chi connectivity index (χ1v) is 6.27. The summed E-state index contributed by atoms with van der Waals surface area (Å²) in [5.41, 5.74) is 2.59. The van der Waals surface area contributed by atoms with Crippen molar-refractivity contribution in [3.8, 4) is 0 Å². The summed E-state index contributed by atoms with van der Waals surface area (Å²) < 4.78 is 0. The summed E-state index contributed by atoms with van der Waals surface area (Å²) in [6.45, 7) is 5.25. The van der Waals surface area contributed by atoms with E-state index in [9.17, 15) is 0 Å². The summed E-state index contributed by atoms with van der Waals surface area (Å²) in [6, 6.07) is 1.88. The van der Waals surface area contributed by atoms with E-state index in [0.717, 1.165) is 24.6 Å². The van der Waals surface area contributed by atoms with Gasteiger partial charge in [-0.15, -0.1) is 0 Å². The molecule has 96 valence electrons. The zero-order valence-corrected chi connectivity index (χ0v) is 11.0. The zero-order chi connectivity index (χ0) is 12.7. The first-order chi connectivity index (χ1) is 8.21. The molecule has 5 heteroatoms. The van der Waals surface area contributed by atoms with Crippen molar-refractivity contribution < 1.29 is 0 Å². The van der Waals surface area contributed by atoms with E-state index >= 15 is 0 Å². The molecular formula is C12H23N5. The predicted octanol–water partition coefficient (Wildman–Crippen LogP) is 1.95. The highest BCUT2D eigenvalue weighted by Crippen LogP contribution is 2.15. The first kappa shape index (κ1) is 13.7. The van der Waals surface area contributed by atoms with Gasteiger partial charge in [-0.05, 0) is 6.42 Å². The Kier molecular flexibility index (Phi) is 5.69. The Morgan fingerprint density at radius 1 is 1.29 bits per heavy atom. The maximum Gasteiger partial charge on any atom is 0.145 e. The Bertz CT molecular complexity index is 317. The van der Waals surface area contributed by atoms with Crippen molar-refractivity contribution in [2.24, 2.45) is 5.84 Å². The molecule has 0 aromatic carbocycles. The van der Waals surface area contributed by atoms with E-state index in [2.05, 4.69) is 34.3 Å². The fourth-order valence-electron chi connectivity index (χ4n) is 1.62. The molecule has 0 aliphatic rings. The number of hydrogen-bond acceptors (Lipinski definition) is 5. The lowest BCUT2D eigenvalue weighted by Crippen LogP contribution is -2.21. The monoisotopic (exact) mass is 237 g/mol. The summed E-state index contributed by atoms with van der Waals surface area (Å²) in [4.78, 5) is 10.9. The molecular weight excluding hydrogens is 214 g/mol. The molecule has 0 saturated carbocycles. The van der Waals surface area contributed by atoms with Crippen molar-refractivity contribution in [1.82, 2.24) is 9.97 Å². The van der Waals surface area contributed by atoms with E-state index in [1.807, 2.05) is 13.0 Å². The number of aromatic nitrogens is 2. The molecule has 3 N–H and O–H groups in total. The highest BCUT2D eigenvalue weighted by molar-refractivity contribution is 5.48. The summed E-state index contributed by atoms with van der Waals surface area (Å²) in [5, 5.41) is 0. The lowest BCUT2D eigenvalue weighted by atomic mass is 10.2. The minimum Gasteiger partial charge on any atom is -0.360 e. The van der Waals surface area contributed by atoms with Crippen LogP contribution in [0.5, 0.6) is 0 Å². The van der Waals surface area contributed by atoms with Crippen LogP contribution in [0.4, 0.5) is 11.6 Å². The maximum atomic E-state index is 5.41. The summed E-state index contributed by atoms with van der Waals surface area (Å²) in [5.74, 6) is 7.83. The Morgan fingerprint density at radius 3 is 2.65 bits per heavy atom. The summed E-state index contributed by atoms with van der Waals surface area (Å²) >= 11 is 0. The second kappa shape index (κ2) is 7.06. The highest BCUT2D eigenvalue weighted by Gasteiger charge is 2.06. The molecule has 0 saturated heterocycles. The van der Waals surface area contributed by atoms with Gasteiger partial charge in [-0.1, -0.05) is 26.7 Å². The molecule has 0 bridgehead atoms. The summed E-state index contributed by atoms with van der Waals surface area (Å²) in [7, 11) is 2.05. The number of hydrazine groups is 1. The second-order valence-electron chi connectivity index (χ2n) is 4.15. The van der Waals surface area contributed by atoms with E-state index in [0.29, 0.717) is 5.82 Å². The van der Waals surface area contributed by atoms with Crippen molar-refractivity contribution in [1.29, 1.82) is 0 Å². The third-order valence-corrected chi connectivity index (χ3v) is 2.71. The van der Waals surface area contributed by atoms with Gasteiger partial charge in [0, 0.05) is 26.1 Å². The number of nitrogens with one attached hydrogen (secondary N) is 1. The minimum atomic E-state index is 0.675. The van der Waals surface area contributed by atoms with Gasteiger partial charge < -0.3 is 10.3 Å².